The molecule has 0 heterocycles. The Morgan fingerprint density at radius 2 is 0.847 bits per heavy atom. The summed E-state index contributed by atoms with van der Waals surface area (Å²) in [7, 11) is 0. The minimum absolute atomic E-state index is 0.720. The molecule has 0 aromatic heterocycles. The van der Waals surface area contributed by atoms with Crippen molar-refractivity contribution in [1.29, 1.82) is 5.26 Å². The van der Waals surface area contributed by atoms with Crippen LogP contribution in [0.5, 0.6) is 0 Å². The molecule has 0 aliphatic rings. The van der Waals surface area contributed by atoms with Crippen molar-refractivity contribution in [3.63, 3.8) is 0 Å². The lowest BCUT2D eigenvalue weighted by atomic mass is 9.84. The largest absolute Gasteiger partial charge is 0.192 e. The summed E-state index contributed by atoms with van der Waals surface area (Å²) in [5.41, 5.74) is 14.0. The molecule has 0 fully saturated rings. The van der Waals surface area contributed by atoms with Crippen molar-refractivity contribution < 1.29 is 0 Å². The van der Waals surface area contributed by atoms with Gasteiger partial charge >= 0.3 is 0 Å². The Morgan fingerprint density at radius 1 is 0.322 bits per heavy atom. The fourth-order valence-corrected chi connectivity index (χ4v) is 10.8. The monoisotopic (exact) mass is 747 g/mol. The summed E-state index contributed by atoms with van der Waals surface area (Å²) >= 11 is 0. The van der Waals surface area contributed by atoms with E-state index in [0.717, 1.165) is 22.3 Å². The quantitative estimate of drug-likeness (QED) is 0.165. The third-order valence-corrected chi connectivity index (χ3v) is 13.2. The Bertz CT molecular complexity index is 3710. The van der Waals surface area contributed by atoms with Crippen LogP contribution in [0.4, 0.5) is 0 Å². The molecule has 274 valence electrons. The van der Waals surface area contributed by atoms with Gasteiger partial charge in [0.15, 0.2) is 0 Å². The molecular formula is C58H37N. The van der Waals surface area contributed by atoms with Crippen LogP contribution in [0.2, 0.25) is 0 Å². The highest BCUT2D eigenvalue weighted by Crippen LogP contribution is 2.55. The van der Waals surface area contributed by atoms with Crippen LogP contribution >= 0.6 is 0 Å². The third-order valence-electron chi connectivity index (χ3n) is 13.2. The van der Waals surface area contributed by atoms with Gasteiger partial charge < -0.3 is 0 Å². The van der Waals surface area contributed by atoms with Gasteiger partial charge in [-0.15, -0.1) is 0 Å². The average Bonchev–Trinajstić information content (AvgIpc) is 3.78. The van der Waals surface area contributed by atoms with Gasteiger partial charge in [0.05, 0.1) is 11.6 Å². The SMILES string of the molecule is Cc1cc(-c2cccc(C#N)c2C)cc(C)c1-c1ccc2c3c(-c4ccccc4)c4cc5c6ccccc6c6cccc(c4c(-c4ccccc4)c3c3cccc1c23)c65. The maximum atomic E-state index is 9.78. The average molecular weight is 748 g/mol. The number of hydrogen-bond donors (Lipinski definition) is 0. The van der Waals surface area contributed by atoms with Gasteiger partial charge in [-0.3, -0.25) is 0 Å². The van der Waals surface area contributed by atoms with E-state index in [1.54, 1.807) is 0 Å². The Hall–Kier alpha value is -7.53. The maximum Gasteiger partial charge on any atom is 0.0994 e. The van der Waals surface area contributed by atoms with Gasteiger partial charge in [0.2, 0.25) is 0 Å². The van der Waals surface area contributed by atoms with Crippen LogP contribution in [0.25, 0.3) is 120 Å². The Kier molecular flexibility index (Phi) is 7.11. The van der Waals surface area contributed by atoms with Crippen LogP contribution in [-0.2, 0) is 0 Å². The minimum atomic E-state index is 0.720. The first-order valence-electron chi connectivity index (χ1n) is 20.5. The van der Waals surface area contributed by atoms with E-state index in [2.05, 4.69) is 185 Å². The van der Waals surface area contributed by atoms with E-state index in [-0.39, 0.29) is 0 Å². The number of nitriles is 1. The van der Waals surface area contributed by atoms with Gasteiger partial charge in [0.25, 0.3) is 0 Å². The second kappa shape index (κ2) is 12.5. The van der Waals surface area contributed by atoms with E-state index in [9.17, 15) is 5.26 Å². The van der Waals surface area contributed by atoms with Gasteiger partial charge in [0, 0.05) is 0 Å². The number of hydrogen-bond acceptors (Lipinski definition) is 1. The Balaban J connectivity index is 1.26. The zero-order valence-electron chi connectivity index (χ0n) is 33.1. The van der Waals surface area contributed by atoms with E-state index in [1.165, 1.54) is 120 Å². The third kappa shape index (κ3) is 4.60. The summed E-state index contributed by atoms with van der Waals surface area (Å²) in [5, 5.41) is 28.0. The molecular weight excluding hydrogens is 711 g/mol. The van der Waals surface area contributed by atoms with Crippen LogP contribution in [0, 0.1) is 32.1 Å². The zero-order valence-corrected chi connectivity index (χ0v) is 33.1. The molecule has 0 spiro atoms. The first-order valence-corrected chi connectivity index (χ1v) is 20.5. The van der Waals surface area contributed by atoms with Crippen LogP contribution in [-0.4, -0.2) is 0 Å². The summed E-state index contributed by atoms with van der Waals surface area (Å²) in [6.07, 6.45) is 0. The second-order valence-electron chi connectivity index (χ2n) is 16.3. The molecule has 0 bridgehead atoms. The molecule has 0 atom stereocenters. The first-order chi connectivity index (χ1) is 29.0. The summed E-state index contributed by atoms with van der Waals surface area (Å²) in [5.74, 6) is 0. The molecule has 12 rings (SSSR count). The minimum Gasteiger partial charge on any atom is -0.192 e. The molecule has 0 N–H and O–H groups in total. The van der Waals surface area contributed by atoms with Crippen molar-refractivity contribution in [3.8, 4) is 50.6 Å². The predicted octanol–water partition coefficient (Wildman–Crippen LogP) is 16.1. The van der Waals surface area contributed by atoms with E-state index in [0.29, 0.717) is 0 Å². The smallest absolute Gasteiger partial charge is 0.0994 e. The lowest BCUT2D eigenvalue weighted by molar-refractivity contribution is 1.35. The van der Waals surface area contributed by atoms with Gasteiger partial charge in [-0.05, 0) is 170 Å². The van der Waals surface area contributed by atoms with Crippen LogP contribution in [0.15, 0.2) is 170 Å². The molecule has 0 saturated heterocycles. The molecule has 0 aliphatic carbocycles. The van der Waals surface area contributed by atoms with Crippen LogP contribution < -0.4 is 0 Å². The summed E-state index contributed by atoms with van der Waals surface area (Å²) in [4.78, 5) is 0. The number of rotatable bonds is 4. The van der Waals surface area contributed by atoms with Gasteiger partial charge in [-0.2, -0.15) is 5.26 Å². The molecule has 0 aliphatic heterocycles. The first kappa shape index (κ1) is 33.6. The van der Waals surface area contributed by atoms with Crippen molar-refractivity contribution in [2.24, 2.45) is 0 Å². The van der Waals surface area contributed by atoms with E-state index >= 15 is 0 Å². The highest BCUT2D eigenvalue weighted by molar-refractivity contribution is 6.45. The lowest BCUT2D eigenvalue weighted by Gasteiger charge is -2.19. The zero-order chi connectivity index (χ0) is 39.5. The van der Waals surface area contributed by atoms with E-state index < -0.39 is 0 Å². The lowest BCUT2D eigenvalue weighted by Crippen LogP contribution is -1.94. The molecule has 12 aromatic carbocycles. The summed E-state index contributed by atoms with van der Waals surface area (Å²) < 4.78 is 0. The molecule has 1 heteroatoms. The van der Waals surface area contributed by atoms with Crippen LogP contribution in [0.1, 0.15) is 22.3 Å². The normalized spacial score (nSPS) is 12.0. The molecule has 0 radical (unpaired) electrons. The van der Waals surface area contributed by atoms with Gasteiger partial charge in [-0.1, -0.05) is 158 Å². The highest BCUT2D eigenvalue weighted by atomic mass is 14.3. The molecule has 0 amide bonds. The number of nitrogens with zero attached hydrogens (tertiary/aromatic N) is 1. The van der Waals surface area contributed by atoms with Crippen molar-refractivity contribution in [2.45, 2.75) is 20.8 Å². The van der Waals surface area contributed by atoms with Crippen molar-refractivity contribution in [3.05, 3.63) is 192 Å². The molecule has 59 heavy (non-hydrogen) atoms. The number of aryl methyl sites for hydroxylation is 2. The van der Waals surface area contributed by atoms with Gasteiger partial charge in [-0.25, -0.2) is 0 Å². The van der Waals surface area contributed by atoms with Crippen molar-refractivity contribution in [1.82, 2.24) is 0 Å². The fourth-order valence-electron chi connectivity index (χ4n) is 10.8. The Morgan fingerprint density at radius 3 is 1.54 bits per heavy atom. The molecule has 12 aromatic rings. The second-order valence-corrected chi connectivity index (χ2v) is 16.3. The molecule has 1 nitrogen and oxygen atoms in total. The maximum absolute atomic E-state index is 9.78. The topological polar surface area (TPSA) is 23.8 Å². The molecule has 0 saturated carbocycles. The summed E-state index contributed by atoms with van der Waals surface area (Å²) in [6, 6.07) is 65.3. The van der Waals surface area contributed by atoms with Gasteiger partial charge in [0.1, 0.15) is 0 Å². The summed E-state index contributed by atoms with van der Waals surface area (Å²) in [6.45, 7) is 6.53. The number of fused-ring (bicyclic) bond motifs is 8. The van der Waals surface area contributed by atoms with E-state index in [1.807, 2.05) is 12.1 Å². The van der Waals surface area contributed by atoms with E-state index in [4.69, 9.17) is 0 Å². The predicted molar refractivity (Wildman–Crippen MR) is 252 cm³/mol. The Labute approximate surface area is 342 Å². The standard InChI is InChI=1S/C58H37N/c1-33-29-39(40-22-12-19-38(32-59)35(40)3)30-34(2)51(33)45-27-28-48-54-44(45)24-14-26-47(54)58-53(37-17-8-5-9-18-37)56-46-25-13-23-43-41-20-10-11-21-42(41)49(55(43)46)31-50(56)52(57(48)58)36-15-6-4-7-16-36/h4-31H,1-3H3. The van der Waals surface area contributed by atoms with Crippen molar-refractivity contribution >= 4 is 75.4 Å². The molecule has 0 unspecified atom stereocenters. The highest BCUT2D eigenvalue weighted by Gasteiger charge is 2.27. The van der Waals surface area contributed by atoms with Crippen LogP contribution in [0.3, 0.4) is 0 Å². The van der Waals surface area contributed by atoms with Crippen molar-refractivity contribution in [2.75, 3.05) is 0 Å². The number of benzene rings is 10. The fraction of sp³-hybridized carbons (Fsp3) is 0.0517.